The molecule has 1 aromatic heterocycles. The van der Waals surface area contributed by atoms with Gasteiger partial charge in [0, 0.05) is 17.2 Å². The minimum atomic E-state index is -1.00. The Morgan fingerprint density at radius 3 is 2.19 bits per heavy atom. The van der Waals surface area contributed by atoms with Crippen molar-refractivity contribution < 1.29 is 38.6 Å². The molecule has 1 amide bonds. The molecule has 0 bridgehead atoms. The highest BCUT2D eigenvalue weighted by atomic mass is 16.5. The van der Waals surface area contributed by atoms with E-state index < -0.39 is 23.5 Å². The number of nitrogens with zero attached hydrogens (tertiary/aromatic N) is 1. The zero-order valence-electron chi connectivity index (χ0n) is 24.4. The molecule has 220 valence electrons. The van der Waals surface area contributed by atoms with Crippen LogP contribution in [-0.4, -0.2) is 37.9 Å². The van der Waals surface area contributed by atoms with Crippen LogP contribution in [0.15, 0.2) is 90.8 Å². The predicted octanol–water partition coefficient (Wildman–Crippen LogP) is 3.84. The summed E-state index contributed by atoms with van der Waals surface area (Å²) in [6, 6.07) is 20.8. The van der Waals surface area contributed by atoms with Crippen molar-refractivity contribution in [3.05, 3.63) is 119 Å². The fourth-order valence-electron chi connectivity index (χ4n) is 5.23. The molecular weight excluding hydrogens is 548 g/mol. The van der Waals surface area contributed by atoms with Crippen LogP contribution in [0.1, 0.15) is 33.9 Å². The van der Waals surface area contributed by atoms with Crippen LogP contribution in [0.25, 0.3) is 5.76 Å². The molecule has 1 aliphatic heterocycles. The second-order valence-electron chi connectivity index (χ2n) is 10.0. The summed E-state index contributed by atoms with van der Waals surface area (Å²) in [6.45, 7) is 2.23. The first-order valence-corrected chi connectivity index (χ1v) is 13.6. The number of ketones is 1. The molecule has 5 rings (SSSR count). The number of H-pyrrole nitrogens is 1. The quantitative estimate of drug-likeness (QED) is 0.159. The van der Waals surface area contributed by atoms with Gasteiger partial charge in [0.1, 0.15) is 12.4 Å². The molecule has 1 unspecified atom stereocenters. The third-order valence-corrected chi connectivity index (χ3v) is 7.35. The lowest BCUT2D eigenvalue weighted by Crippen LogP contribution is -2.29. The molecule has 0 saturated carbocycles. The second-order valence-corrected chi connectivity index (χ2v) is 10.0. The molecule has 4 aromatic rings. The molecule has 1 fully saturated rings. The zero-order valence-corrected chi connectivity index (χ0v) is 24.4. The minimum absolute atomic E-state index is 0.0886. The van der Waals surface area contributed by atoms with Gasteiger partial charge in [0.25, 0.3) is 5.91 Å². The first-order chi connectivity index (χ1) is 20.9. The fourth-order valence-corrected chi connectivity index (χ4v) is 5.23. The number of hydrogen-bond donors (Lipinski definition) is 0. The third-order valence-electron chi connectivity index (χ3n) is 7.35. The average molecular weight is 581 g/mol. The number of aryl methyl sites for hydroxylation is 1. The Morgan fingerprint density at radius 1 is 0.884 bits per heavy atom. The summed E-state index contributed by atoms with van der Waals surface area (Å²) in [4.78, 5) is 31.5. The number of Topliss-reactive ketones (excluding diaryl/α,β-unsaturated/α-hetero) is 1. The molecule has 1 N–H and O–H groups in total. The molecule has 0 radical (unpaired) electrons. The van der Waals surface area contributed by atoms with Crippen LogP contribution in [0.4, 0.5) is 0 Å². The second kappa shape index (κ2) is 12.7. The van der Waals surface area contributed by atoms with Crippen molar-refractivity contribution in [1.29, 1.82) is 0 Å². The summed E-state index contributed by atoms with van der Waals surface area (Å²) in [6.07, 6.45) is 3.48. The molecule has 3 aromatic carbocycles. The molecule has 1 aliphatic rings. The van der Waals surface area contributed by atoms with Gasteiger partial charge in [-0.15, -0.1) is 0 Å². The molecule has 9 heteroatoms. The number of hydrogen-bond acceptors (Lipinski definition) is 7. The molecule has 0 aliphatic carbocycles. The Morgan fingerprint density at radius 2 is 1.58 bits per heavy atom. The highest BCUT2D eigenvalue weighted by Crippen LogP contribution is 2.46. The van der Waals surface area contributed by atoms with E-state index in [1.807, 2.05) is 36.4 Å². The van der Waals surface area contributed by atoms with E-state index in [4.69, 9.17) is 18.9 Å². The maximum absolute atomic E-state index is 14.2. The summed E-state index contributed by atoms with van der Waals surface area (Å²) in [5, 5.41) is 14.2. The number of carbonyl (C=O) groups excluding carboxylic acids is 2. The summed E-state index contributed by atoms with van der Waals surface area (Å²) < 4.78 is 22.5. The van der Waals surface area contributed by atoms with Gasteiger partial charge in [-0.25, -0.2) is 4.98 Å². The van der Waals surface area contributed by atoms with Crippen LogP contribution in [0, 0.1) is 6.92 Å². The summed E-state index contributed by atoms with van der Waals surface area (Å²) >= 11 is 0. The highest BCUT2D eigenvalue weighted by Gasteiger charge is 2.45. The van der Waals surface area contributed by atoms with E-state index in [2.05, 4.69) is 4.98 Å². The number of ether oxygens (including phenoxy) is 4. The lowest BCUT2D eigenvalue weighted by atomic mass is 9.93. The topological polar surface area (TPSA) is 112 Å². The number of likely N-dealkylation sites (tertiary alicyclic amines) is 1. The SMILES string of the molecule is COc1cc(C2/C(=C(\[O-])c3ccc(OCc4ccccc4)cc3C)C(=O)C(=O)N2Cc2ccc[nH+]c2)cc(OC)c1OC. The standard InChI is InChI=1S/C34H32N2O7/c1-21-15-25(43-20-22-9-6-5-7-10-22)12-13-26(21)31(37)29-30(24-16-27(40-2)33(42-4)28(17-24)41-3)36(34(39)32(29)38)19-23-11-8-14-35-18-23/h5-18,30,37H,19-20H2,1-4H3/b31-29+. The number of aromatic nitrogens is 1. The van der Waals surface area contributed by atoms with Crippen LogP contribution in [0.3, 0.4) is 0 Å². The number of amides is 1. The number of benzene rings is 3. The Hall–Kier alpha value is -5.31. The van der Waals surface area contributed by atoms with Crippen LogP contribution < -0.4 is 29.0 Å². The van der Waals surface area contributed by atoms with Gasteiger partial charge in [-0.3, -0.25) is 9.59 Å². The number of carbonyl (C=O) groups is 2. The van der Waals surface area contributed by atoms with E-state index in [1.54, 1.807) is 55.7 Å². The molecule has 43 heavy (non-hydrogen) atoms. The van der Waals surface area contributed by atoms with Crippen molar-refractivity contribution in [2.24, 2.45) is 0 Å². The normalized spacial score (nSPS) is 15.8. The summed E-state index contributed by atoms with van der Waals surface area (Å²) in [5.41, 5.74) is 3.00. The molecule has 2 heterocycles. The van der Waals surface area contributed by atoms with Gasteiger partial charge in [-0.05, 0) is 59.5 Å². The van der Waals surface area contributed by atoms with Gasteiger partial charge in [-0.2, -0.15) is 0 Å². The lowest BCUT2D eigenvalue weighted by molar-refractivity contribution is -0.378. The Kier molecular flexibility index (Phi) is 8.61. The monoisotopic (exact) mass is 580 g/mol. The maximum atomic E-state index is 14.2. The van der Waals surface area contributed by atoms with Gasteiger partial charge >= 0.3 is 0 Å². The number of aromatic amines is 1. The van der Waals surface area contributed by atoms with Gasteiger partial charge in [0.15, 0.2) is 23.9 Å². The van der Waals surface area contributed by atoms with Crippen LogP contribution in [-0.2, 0) is 22.7 Å². The van der Waals surface area contributed by atoms with E-state index >= 15 is 0 Å². The van der Waals surface area contributed by atoms with Crippen molar-refractivity contribution in [2.75, 3.05) is 21.3 Å². The van der Waals surface area contributed by atoms with E-state index in [1.165, 1.54) is 26.2 Å². The van der Waals surface area contributed by atoms with Crippen LogP contribution in [0.2, 0.25) is 0 Å². The van der Waals surface area contributed by atoms with E-state index in [9.17, 15) is 14.7 Å². The number of rotatable bonds is 10. The Bertz CT molecular complexity index is 1640. The van der Waals surface area contributed by atoms with Gasteiger partial charge < -0.3 is 29.0 Å². The maximum Gasteiger partial charge on any atom is 0.295 e. The fraction of sp³-hybridized carbons (Fsp3) is 0.206. The largest absolute Gasteiger partial charge is 0.872 e. The van der Waals surface area contributed by atoms with E-state index in [0.717, 1.165) is 11.1 Å². The van der Waals surface area contributed by atoms with E-state index in [0.29, 0.717) is 46.3 Å². The van der Waals surface area contributed by atoms with Gasteiger partial charge in [0.05, 0.1) is 33.9 Å². The van der Waals surface area contributed by atoms with Crippen molar-refractivity contribution in [1.82, 2.24) is 4.90 Å². The highest BCUT2D eigenvalue weighted by molar-refractivity contribution is 6.46. The Balaban J connectivity index is 1.60. The van der Waals surface area contributed by atoms with Crippen molar-refractivity contribution in [3.63, 3.8) is 0 Å². The zero-order chi connectivity index (χ0) is 30.5. The summed E-state index contributed by atoms with van der Waals surface area (Å²) in [7, 11) is 4.44. The first-order valence-electron chi connectivity index (χ1n) is 13.6. The Labute approximate surface area is 249 Å². The van der Waals surface area contributed by atoms with Gasteiger partial charge in [0.2, 0.25) is 11.5 Å². The van der Waals surface area contributed by atoms with Crippen LogP contribution >= 0.6 is 0 Å². The van der Waals surface area contributed by atoms with Crippen LogP contribution in [0.5, 0.6) is 23.0 Å². The predicted molar refractivity (Wildman–Crippen MR) is 156 cm³/mol. The number of pyridine rings is 1. The third kappa shape index (κ3) is 5.88. The summed E-state index contributed by atoms with van der Waals surface area (Å²) in [5.74, 6) is -0.562. The molecular formula is C34H32N2O7. The molecule has 0 spiro atoms. The van der Waals surface area contributed by atoms with Crippen molar-refractivity contribution in [2.45, 2.75) is 26.1 Å². The molecule has 1 atom stereocenters. The first kappa shape index (κ1) is 29.2. The number of nitrogens with one attached hydrogen (secondary N) is 1. The smallest absolute Gasteiger partial charge is 0.295 e. The van der Waals surface area contributed by atoms with Crippen molar-refractivity contribution in [3.8, 4) is 23.0 Å². The molecule has 1 saturated heterocycles. The molecule has 9 nitrogen and oxygen atoms in total. The average Bonchev–Trinajstić information content (AvgIpc) is 3.28. The lowest BCUT2D eigenvalue weighted by Gasteiger charge is -2.28. The van der Waals surface area contributed by atoms with Gasteiger partial charge in [-0.1, -0.05) is 42.2 Å². The number of methoxy groups -OCH3 is 3. The van der Waals surface area contributed by atoms with E-state index in [-0.39, 0.29) is 12.1 Å². The van der Waals surface area contributed by atoms with Crippen molar-refractivity contribution >= 4 is 17.4 Å². The minimum Gasteiger partial charge on any atom is -0.872 e.